The van der Waals surface area contributed by atoms with Crippen molar-refractivity contribution in [1.82, 2.24) is 0 Å². The monoisotopic (exact) mass is 489 g/mol. The van der Waals surface area contributed by atoms with Gasteiger partial charge in [0.05, 0.1) is 5.56 Å². The summed E-state index contributed by atoms with van der Waals surface area (Å²) in [6.07, 6.45) is -4.34. The molecule has 0 saturated heterocycles. The average Bonchev–Trinajstić information content (AvgIpc) is 3.21. The molecule has 0 aromatic heterocycles. The number of anilines is 2. The number of halogens is 5. The van der Waals surface area contributed by atoms with Crippen LogP contribution in [-0.4, -0.2) is 18.2 Å². The highest BCUT2D eigenvalue weighted by molar-refractivity contribution is 6.44. The van der Waals surface area contributed by atoms with Crippen LogP contribution in [0.1, 0.15) is 17.5 Å². The minimum Gasteiger partial charge on any atom is -0.488 e. The molecule has 2 heterocycles. The van der Waals surface area contributed by atoms with Crippen LogP contribution in [0.5, 0.6) is 5.75 Å². The van der Waals surface area contributed by atoms with Crippen molar-refractivity contribution in [2.24, 2.45) is 5.10 Å². The third-order valence-corrected chi connectivity index (χ3v) is 6.05. The van der Waals surface area contributed by atoms with Crippen molar-refractivity contribution in [1.29, 1.82) is 0 Å². The van der Waals surface area contributed by atoms with Gasteiger partial charge in [0.2, 0.25) is 0 Å². The van der Waals surface area contributed by atoms with E-state index in [2.05, 4.69) is 10.4 Å². The van der Waals surface area contributed by atoms with Gasteiger partial charge in [0, 0.05) is 23.2 Å². The molecule has 174 valence electrons. The van der Waals surface area contributed by atoms with Crippen LogP contribution in [0.25, 0.3) is 0 Å². The summed E-state index contributed by atoms with van der Waals surface area (Å²) < 4.78 is 58.0. The van der Waals surface area contributed by atoms with Crippen molar-refractivity contribution in [2.45, 2.75) is 18.1 Å². The van der Waals surface area contributed by atoms with Crippen LogP contribution in [0.2, 0.25) is 5.02 Å². The Bertz CT molecular complexity index is 1290. The summed E-state index contributed by atoms with van der Waals surface area (Å²) in [6, 6.07) is 15.0. The lowest BCUT2D eigenvalue weighted by Crippen LogP contribution is -2.48. The van der Waals surface area contributed by atoms with Crippen LogP contribution in [-0.2, 0) is 16.5 Å². The highest BCUT2D eigenvalue weighted by Gasteiger charge is 2.50. The zero-order chi connectivity index (χ0) is 24.1. The lowest BCUT2D eigenvalue weighted by molar-refractivity contribution is -0.137. The molecule has 1 unspecified atom stereocenters. The van der Waals surface area contributed by atoms with Crippen molar-refractivity contribution in [3.8, 4) is 5.75 Å². The molecule has 1 atom stereocenters. The predicted molar refractivity (Wildman–Crippen MR) is 120 cm³/mol. The van der Waals surface area contributed by atoms with Crippen molar-refractivity contribution in [3.05, 3.63) is 88.7 Å². The second-order valence-electron chi connectivity index (χ2n) is 8.00. The number of hydrogen-bond acceptors (Lipinski definition) is 4. The quantitative estimate of drug-likeness (QED) is 0.460. The molecule has 2 aliphatic heterocycles. The molecular formula is C24H16ClF4N3O2. The molecule has 0 fully saturated rings. The maximum atomic E-state index is 13.6. The number of amides is 1. The lowest BCUT2D eigenvalue weighted by Gasteiger charge is -2.42. The smallest absolute Gasteiger partial charge is 0.416 e. The summed E-state index contributed by atoms with van der Waals surface area (Å²) in [4.78, 5) is 13.0. The number of fused-ring (bicyclic) bond motifs is 3. The van der Waals surface area contributed by atoms with Gasteiger partial charge in [-0.2, -0.15) is 18.3 Å². The summed E-state index contributed by atoms with van der Waals surface area (Å²) in [5.41, 5.74) is -0.113. The summed E-state index contributed by atoms with van der Waals surface area (Å²) in [5.74, 6) is -0.487. The molecule has 3 aromatic rings. The first-order valence-electron chi connectivity index (χ1n) is 10.2. The predicted octanol–water partition coefficient (Wildman–Crippen LogP) is 5.99. The summed E-state index contributed by atoms with van der Waals surface area (Å²) in [7, 11) is 0. The Kier molecular flexibility index (Phi) is 5.24. The molecule has 1 amide bonds. The van der Waals surface area contributed by atoms with Crippen LogP contribution in [0, 0.1) is 5.82 Å². The van der Waals surface area contributed by atoms with Gasteiger partial charge in [-0.25, -0.2) is 9.40 Å². The molecule has 0 saturated carbocycles. The van der Waals surface area contributed by atoms with Gasteiger partial charge in [0.25, 0.3) is 5.91 Å². The molecule has 10 heteroatoms. The minimum atomic E-state index is -4.47. The number of nitrogens with zero attached hydrogens (tertiary/aromatic N) is 2. The maximum Gasteiger partial charge on any atom is 0.416 e. The summed E-state index contributed by atoms with van der Waals surface area (Å²) >= 11 is 6.09. The average molecular weight is 490 g/mol. The van der Waals surface area contributed by atoms with Gasteiger partial charge in [-0.15, -0.1) is 0 Å². The second-order valence-corrected chi connectivity index (χ2v) is 8.44. The first-order valence-corrected chi connectivity index (χ1v) is 10.6. The summed E-state index contributed by atoms with van der Waals surface area (Å²) in [5, 5.41) is 9.28. The Balaban J connectivity index is 1.48. The lowest BCUT2D eigenvalue weighted by atomic mass is 9.84. The first-order chi connectivity index (χ1) is 16.2. The number of hydrogen-bond donors (Lipinski definition) is 1. The molecule has 0 spiro atoms. The van der Waals surface area contributed by atoms with E-state index < -0.39 is 29.0 Å². The zero-order valence-electron chi connectivity index (χ0n) is 17.4. The number of alkyl halides is 3. The maximum absolute atomic E-state index is 13.6. The fourth-order valence-electron chi connectivity index (χ4n) is 4.12. The fraction of sp³-hybridized carbons (Fsp3) is 0.167. The van der Waals surface area contributed by atoms with Gasteiger partial charge in [-0.05, 0) is 54.1 Å². The van der Waals surface area contributed by atoms with E-state index in [0.29, 0.717) is 22.0 Å². The van der Waals surface area contributed by atoms with E-state index in [4.69, 9.17) is 16.3 Å². The topological polar surface area (TPSA) is 53.9 Å². The van der Waals surface area contributed by atoms with Crippen LogP contribution >= 0.6 is 11.6 Å². The molecule has 0 radical (unpaired) electrons. The molecular weight excluding hydrogens is 474 g/mol. The molecule has 1 N–H and O–H groups in total. The fourth-order valence-corrected chi connectivity index (χ4v) is 4.28. The van der Waals surface area contributed by atoms with Gasteiger partial charge in [-0.1, -0.05) is 23.7 Å². The van der Waals surface area contributed by atoms with Gasteiger partial charge in [0.1, 0.15) is 35.1 Å². The Labute approximate surface area is 196 Å². The second kappa shape index (κ2) is 8.02. The van der Waals surface area contributed by atoms with Crippen molar-refractivity contribution in [2.75, 3.05) is 16.9 Å². The number of hydrazone groups is 1. The van der Waals surface area contributed by atoms with Crippen LogP contribution in [0.4, 0.5) is 28.9 Å². The molecule has 5 rings (SSSR count). The van der Waals surface area contributed by atoms with E-state index in [1.165, 1.54) is 24.3 Å². The number of nitrogens with one attached hydrogen (secondary N) is 1. The van der Waals surface area contributed by atoms with E-state index in [0.717, 1.165) is 12.1 Å². The molecule has 2 aliphatic rings. The van der Waals surface area contributed by atoms with Gasteiger partial charge < -0.3 is 10.1 Å². The Morgan fingerprint density at radius 2 is 1.76 bits per heavy atom. The van der Waals surface area contributed by atoms with Crippen molar-refractivity contribution in [3.63, 3.8) is 0 Å². The number of carbonyl (C=O) groups excluding carboxylic acids is 1. The molecule has 3 aromatic carbocycles. The molecule has 0 bridgehead atoms. The third kappa shape index (κ3) is 3.86. The molecule has 5 nitrogen and oxygen atoms in total. The molecule has 34 heavy (non-hydrogen) atoms. The summed E-state index contributed by atoms with van der Waals surface area (Å²) in [6.45, 7) is 0.118. The Hall–Kier alpha value is -3.59. The van der Waals surface area contributed by atoms with Crippen LogP contribution in [0.3, 0.4) is 0 Å². The van der Waals surface area contributed by atoms with Crippen molar-refractivity contribution >= 4 is 34.6 Å². The Morgan fingerprint density at radius 3 is 2.44 bits per heavy atom. The van der Waals surface area contributed by atoms with E-state index in [-0.39, 0.29) is 24.4 Å². The number of rotatable bonds is 3. The Morgan fingerprint density at radius 1 is 1.06 bits per heavy atom. The number of ether oxygens (including phenoxy) is 1. The zero-order valence-corrected chi connectivity index (χ0v) is 18.1. The van der Waals surface area contributed by atoms with E-state index in [1.54, 1.807) is 35.3 Å². The van der Waals surface area contributed by atoms with Crippen LogP contribution < -0.4 is 15.1 Å². The van der Waals surface area contributed by atoms with Crippen molar-refractivity contribution < 1.29 is 27.1 Å². The van der Waals surface area contributed by atoms with E-state index in [9.17, 15) is 22.4 Å². The van der Waals surface area contributed by atoms with E-state index in [1.807, 2.05) is 0 Å². The minimum absolute atomic E-state index is 0.118. The number of benzene rings is 3. The largest absolute Gasteiger partial charge is 0.488 e. The normalized spacial score (nSPS) is 19.1. The number of carbonyl (C=O) groups is 1. The first kappa shape index (κ1) is 22.2. The molecule has 0 aliphatic carbocycles. The SMILES string of the molecule is O=C(Nc1ccc(C(F)(F)F)cc1)C1=NN2c3ccc(Cl)cc3OCC2(c2ccc(F)cc2)C1. The highest BCUT2D eigenvalue weighted by Crippen LogP contribution is 2.49. The van der Waals surface area contributed by atoms with Gasteiger partial charge in [0.15, 0.2) is 0 Å². The van der Waals surface area contributed by atoms with Gasteiger partial charge in [-0.3, -0.25) is 4.79 Å². The highest BCUT2D eigenvalue weighted by atomic mass is 35.5. The van der Waals surface area contributed by atoms with Gasteiger partial charge >= 0.3 is 6.18 Å². The standard InChI is InChI=1S/C24H16ClF4N3O2/c25-16-5-10-20-21(11-16)34-13-23(14-1-6-17(26)7-2-14)12-19(31-32(20)23)22(33)30-18-8-3-15(4-9-18)24(27,28)29/h1-11H,12-13H2,(H,30,33). The van der Waals surface area contributed by atoms with Crippen LogP contribution in [0.15, 0.2) is 71.8 Å². The third-order valence-electron chi connectivity index (χ3n) is 5.82. The van der Waals surface area contributed by atoms with E-state index >= 15 is 0 Å².